The highest BCUT2D eigenvalue weighted by Gasteiger charge is 2.14. The molecule has 0 fully saturated rings. The zero-order valence-electron chi connectivity index (χ0n) is 15.7. The number of hydrogen-bond donors (Lipinski definition) is 2. The molecule has 138 valence electrons. The molecule has 0 aliphatic heterocycles. The maximum absolute atomic E-state index is 11.0. The molecule has 0 saturated carbocycles. The first-order chi connectivity index (χ1) is 11.2. The van der Waals surface area contributed by atoms with Gasteiger partial charge in [0.2, 0.25) is 0 Å². The molecule has 0 radical (unpaired) electrons. The second-order valence-electron chi connectivity index (χ2n) is 6.83. The van der Waals surface area contributed by atoms with Crippen LogP contribution in [0.25, 0.3) is 0 Å². The van der Waals surface area contributed by atoms with E-state index in [1.165, 1.54) is 83.5 Å². The van der Waals surface area contributed by atoms with Crippen molar-refractivity contribution in [3.8, 4) is 0 Å². The Morgan fingerprint density at radius 1 is 0.739 bits per heavy atom. The lowest BCUT2D eigenvalue weighted by atomic mass is 10.0. The van der Waals surface area contributed by atoms with Crippen LogP contribution in [0.1, 0.15) is 110 Å². The molecule has 3 nitrogen and oxygen atoms in total. The normalized spacial score (nSPS) is 12.4. The van der Waals surface area contributed by atoms with Crippen molar-refractivity contribution in [2.24, 2.45) is 0 Å². The van der Waals surface area contributed by atoms with Crippen LogP contribution in [-0.4, -0.2) is 23.7 Å². The molecule has 0 spiro atoms. The van der Waals surface area contributed by atoms with E-state index in [0.29, 0.717) is 0 Å². The summed E-state index contributed by atoms with van der Waals surface area (Å²) in [4.78, 5) is 11.0. The summed E-state index contributed by atoms with van der Waals surface area (Å²) in [7, 11) is 0. The Labute approximate surface area is 144 Å². The Balaban J connectivity index is 3.20. The van der Waals surface area contributed by atoms with Crippen molar-refractivity contribution in [3.05, 3.63) is 0 Å². The summed E-state index contributed by atoms with van der Waals surface area (Å²) in [6, 6.07) is -0.350. The summed E-state index contributed by atoms with van der Waals surface area (Å²) in [5, 5.41) is 12.1. The Hall–Kier alpha value is -0.570. The van der Waals surface area contributed by atoms with Crippen LogP contribution in [0.3, 0.4) is 0 Å². The van der Waals surface area contributed by atoms with Gasteiger partial charge in [0.15, 0.2) is 0 Å². The molecule has 0 heterocycles. The molecule has 0 aliphatic rings. The summed E-state index contributed by atoms with van der Waals surface area (Å²) in [6.07, 6.45) is 19.5. The molecule has 1 atom stereocenters. The van der Waals surface area contributed by atoms with Gasteiger partial charge >= 0.3 is 5.97 Å². The molecule has 0 rings (SSSR count). The fourth-order valence-corrected chi connectivity index (χ4v) is 3.10. The fraction of sp³-hybridized carbons (Fsp3) is 0.950. The zero-order valence-corrected chi connectivity index (χ0v) is 15.7. The number of aliphatic carboxylic acids is 1. The molecular formula is C20H41NO2. The second-order valence-corrected chi connectivity index (χ2v) is 6.83. The predicted molar refractivity (Wildman–Crippen MR) is 100 cm³/mol. The van der Waals surface area contributed by atoms with Crippen LogP contribution < -0.4 is 5.32 Å². The quantitative estimate of drug-likeness (QED) is 0.307. The van der Waals surface area contributed by atoms with Gasteiger partial charge in [0.05, 0.1) is 0 Å². The number of likely N-dealkylation sites (N-methyl/N-ethyl adjacent to an activating group) is 1. The van der Waals surface area contributed by atoms with Crippen LogP contribution in [0, 0.1) is 0 Å². The lowest BCUT2D eigenvalue weighted by Gasteiger charge is -2.12. The van der Waals surface area contributed by atoms with Gasteiger partial charge in [0.1, 0.15) is 6.04 Å². The van der Waals surface area contributed by atoms with E-state index in [1.54, 1.807) is 0 Å². The number of carboxylic acids is 1. The maximum atomic E-state index is 11.0. The van der Waals surface area contributed by atoms with Crippen LogP contribution in [0.5, 0.6) is 0 Å². The molecule has 0 aromatic rings. The SMILES string of the molecule is CCCCCCCCCCCCCCCCC(NCC)C(=O)O. The van der Waals surface area contributed by atoms with Gasteiger partial charge in [-0.3, -0.25) is 4.79 Å². The van der Waals surface area contributed by atoms with Gasteiger partial charge < -0.3 is 10.4 Å². The van der Waals surface area contributed by atoms with E-state index >= 15 is 0 Å². The van der Waals surface area contributed by atoms with E-state index in [-0.39, 0.29) is 6.04 Å². The topological polar surface area (TPSA) is 49.3 Å². The maximum Gasteiger partial charge on any atom is 0.320 e. The van der Waals surface area contributed by atoms with Crippen molar-refractivity contribution >= 4 is 5.97 Å². The molecule has 0 amide bonds. The summed E-state index contributed by atoms with van der Waals surface area (Å²) in [5.74, 6) is -0.707. The standard InChI is InChI=1S/C20H41NO2/c1-3-5-6-7-8-9-10-11-12-13-14-15-16-17-18-19(20(22)23)21-4-2/h19,21H,3-18H2,1-2H3,(H,22,23). The fourth-order valence-electron chi connectivity index (χ4n) is 3.10. The molecule has 0 aliphatic carbocycles. The van der Waals surface area contributed by atoms with Gasteiger partial charge in [-0.05, 0) is 13.0 Å². The highest BCUT2D eigenvalue weighted by atomic mass is 16.4. The van der Waals surface area contributed by atoms with E-state index < -0.39 is 5.97 Å². The Morgan fingerprint density at radius 3 is 1.48 bits per heavy atom. The zero-order chi connectivity index (χ0) is 17.2. The first kappa shape index (κ1) is 22.4. The number of carbonyl (C=O) groups is 1. The van der Waals surface area contributed by atoms with Gasteiger partial charge in [-0.25, -0.2) is 0 Å². The molecule has 0 aromatic carbocycles. The predicted octanol–water partition coefficient (Wildman–Crippen LogP) is 5.92. The Morgan fingerprint density at radius 2 is 1.13 bits per heavy atom. The minimum atomic E-state index is -0.707. The smallest absolute Gasteiger partial charge is 0.320 e. The average Bonchev–Trinajstić information content (AvgIpc) is 2.54. The van der Waals surface area contributed by atoms with Crippen molar-refractivity contribution < 1.29 is 9.90 Å². The molecule has 1 unspecified atom stereocenters. The van der Waals surface area contributed by atoms with Gasteiger partial charge in [-0.15, -0.1) is 0 Å². The minimum absolute atomic E-state index is 0.350. The molecular weight excluding hydrogens is 286 g/mol. The largest absolute Gasteiger partial charge is 0.480 e. The second kappa shape index (κ2) is 17.8. The van der Waals surface area contributed by atoms with E-state index in [0.717, 1.165) is 19.4 Å². The first-order valence-electron chi connectivity index (χ1n) is 10.2. The van der Waals surface area contributed by atoms with Gasteiger partial charge in [0, 0.05) is 0 Å². The number of nitrogens with one attached hydrogen (secondary N) is 1. The van der Waals surface area contributed by atoms with Crippen molar-refractivity contribution in [2.45, 2.75) is 116 Å². The van der Waals surface area contributed by atoms with Crippen molar-refractivity contribution in [1.29, 1.82) is 0 Å². The minimum Gasteiger partial charge on any atom is -0.480 e. The summed E-state index contributed by atoms with van der Waals surface area (Å²) >= 11 is 0. The molecule has 2 N–H and O–H groups in total. The lowest BCUT2D eigenvalue weighted by Crippen LogP contribution is -2.36. The third-order valence-electron chi connectivity index (χ3n) is 4.59. The van der Waals surface area contributed by atoms with Crippen molar-refractivity contribution in [1.82, 2.24) is 5.32 Å². The summed E-state index contributed by atoms with van der Waals surface area (Å²) in [5.41, 5.74) is 0. The monoisotopic (exact) mass is 327 g/mol. The Bertz CT molecular complexity index is 256. The highest BCUT2D eigenvalue weighted by Crippen LogP contribution is 2.13. The Kier molecular flexibility index (Phi) is 17.3. The van der Waals surface area contributed by atoms with Crippen LogP contribution in [-0.2, 0) is 4.79 Å². The molecule has 0 saturated heterocycles. The van der Waals surface area contributed by atoms with Gasteiger partial charge in [-0.2, -0.15) is 0 Å². The molecule has 23 heavy (non-hydrogen) atoms. The van der Waals surface area contributed by atoms with Crippen molar-refractivity contribution in [2.75, 3.05) is 6.54 Å². The molecule has 0 bridgehead atoms. The van der Waals surface area contributed by atoms with Crippen LogP contribution in [0.4, 0.5) is 0 Å². The average molecular weight is 328 g/mol. The third-order valence-corrected chi connectivity index (χ3v) is 4.59. The molecule has 3 heteroatoms. The summed E-state index contributed by atoms with van der Waals surface area (Å²) in [6.45, 7) is 4.96. The van der Waals surface area contributed by atoms with E-state index in [2.05, 4.69) is 12.2 Å². The lowest BCUT2D eigenvalue weighted by molar-refractivity contribution is -0.139. The number of unbranched alkanes of at least 4 members (excludes halogenated alkanes) is 13. The van der Waals surface area contributed by atoms with E-state index in [9.17, 15) is 4.79 Å². The molecule has 0 aromatic heterocycles. The van der Waals surface area contributed by atoms with Crippen LogP contribution in [0.2, 0.25) is 0 Å². The van der Waals surface area contributed by atoms with Crippen LogP contribution in [0.15, 0.2) is 0 Å². The van der Waals surface area contributed by atoms with Crippen molar-refractivity contribution in [3.63, 3.8) is 0 Å². The van der Waals surface area contributed by atoms with E-state index in [1.807, 2.05) is 6.92 Å². The highest BCUT2D eigenvalue weighted by molar-refractivity contribution is 5.73. The summed E-state index contributed by atoms with van der Waals surface area (Å²) < 4.78 is 0. The number of carboxylic acid groups (broad SMARTS) is 1. The number of hydrogen-bond acceptors (Lipinski definition) is 2. The van der Waals surface area contributed by atoms with E-state index in [4.69, 9.17) is 5.11 Å². The van der Waals surface area contributed by atoms with Gasteiger partial charge in [0.25, 0.3) is 0 Å². The van der Waals surface area contributed by atoms with Gasteiger partial charge in [-0.1, -0.05) is 104 Å². The van der Waals surface area contributed by atoms with Crippen LogP contribution >= 0.6 is 0 Å². The first-order valence-corrected chi connectivity index (χ1v) is 10.2. The number of rotatable bonds is 18. The third kappa shape index (κ3) is 16.1.